The molecule has 2 aliphatic rings. The lowest BCUT2D eigenvalue weighted by molar-refractivity contribution is 0.268. The van der Waals surface area contributed by atoms with Crippen LogP contribution in [-0.2, 0) is 13.1 Å². The Balaban J connectivity index is 1.73. The first-order chi connectivity index (χ1) is 6.33. The van der Waals surface area contributed by atoms with Gasteiger partial charge in [-0.05, 0) is 25.7 Å². The van der Waals surface area contributed by atoms with Crippen molar-refractivity contribution in [3.63, 3.8) is 0 Å². The van der Waals surface area contributed by atoms with E-state index in [9.17, 15) is 0 Å². The van der Waals surface area contributed by atoms with E-state index in [1.165, 1.54) is 36.3 Å². The summed E-state index contributed by atoms with van der Waals surface area (Å²) in [5.41, 5.74) is 3.98. The summed E-state index contributed by atoms with van der Waals surface area (Å²) in [7, 11) is 0. The van der Waals surface area contributed by atoms with Crippen molar-refractivity contribution in [2.45, 2.75) is 32.9 Å². The number of nitrogens with one attached hydrogen (secondary N) is 1. The normalized spacial score (nSPS) is 22.2. The molecule has 1 aliphatic carbocycles. The number of rotatable bonds is 2. The molecular formula is C10H15N3. The minimum atomic E-state index is 0.997. The van der Waals surface area contributed by atoms with Gasteiger partial charge in [-0.1, -0.05) is 0 Å². The smallest absolute Gasteiger partial charge is 0.0639 e. The van der Waals surface area contributed by atoms with Crippen LogP contribution in [0.5, 0.6) is 0 Å². The first-order valence-electron chi connectivity index (χ1n) is 5.08. The number of hydrogen-bond donors (Lipinski definition) is 1. The molecule has 0 atom stereocenters. The van der Waals surface area contributed by atoms with Gasteiger partial charge in [-0.15, -0.1) is 0 Å². The zero-order valence-corrected chi connectivity index (χ0v) is 8.01. The molecule has 0 spiro atoms. The van der Waals surface area contributed by atoms with Crippen molar-refractivity contribution in [1.29, 1.82) is 0 Å². The summed E-state index contributed by atoms with van der Waals surface area (Å²) in [5.74, 6) is 0.997. The molecule has 0 unspecified atom stereocenters. The zero-order valence-electron chi connectivity index (χ0n) is 8.01. The average molecular weight is 177 g/mol. The lowest BCUT2D eigenvalue weighted by Gasteiger charge is -2.13. The zero-order chi connectivity index (χ0) is 8.84. The Kier molecular flexibility index (Phi) is 1.50. The number of aryl methyl sites for hydroxylation is 1. The van der Waals surface area contributed by atoms with Crippen LogP contribution in [0.1, 0.15) is 29.8 Å². The van der Waals surface area contributed by atoms with Gasteiger partial charge in [0.05, 0.1) is 11.4 Å². The van der Waals surface area contributed by atoms with Gasteiger partial charge in [0, 0.05) is 25.2 Å². The molecule has 3 rings (SSSR count). The van der Waals surface area contributed by atoms with Gasteiger partial charge in [0.15, 0.2) is 0 Å². The Hall–Kier alpha value is -0.830. The van der Waals surface area contributed by atoms with Gasteiger partial charge in [-0.2, -0.15) is 5.10 Å². The molecule has 1 aliphatic heterocycles. The Bertz CT molecular complexity index is 325. The van der Waals surface area contributed by atoms with Crippen LogP contribution in [0, 0.1) is 12.8 Å². The van der Waals surface area contributed by atoms with Crippen molar-refractivity contribution >= 4 is 0 Å². The van der Waals surface area contributed by atoms with E-state index in [1.807, 2.05) is 0 Å². The maximum Gasteiger partial charge on any atom is 0.0639 e. The molecule has 2 heterocycles. The first-order valence-corrected chi connectivity index (χ1v) is 5.08. The summed E-state index contributed by atoms with van der Waals surface area (Å²) < 4.78 is 0. The van der Waals surface area contributed by atoms with Gasteiger partial charge in [0.1, 0.15) is 0 Å². The average Bonchev–Trinajstić information content (AvgIpc) is 2.71. The molecular weight excluding hydrogens is 162 g/mol. The summed E-state index contributed by atoms with van der Waals surface area (Å²) >= 11 is 0. The summed E-state index contributed by atoms with van der Waals surface area (Å²) in [6, 6.07) is 0. The maximum atomic E-state index is 4.22. The molecule has 3 nitrogen and oxygen atoms in total. The topological polar surface area (TPSA) is 31.9 Å². The van der Waals surface area contributed by atoms with Crippen molar-refractivity contribution < 1.29 is 0 Å². The predicted octanol–water partition coefficient (Wildman–Crippen LogP) is 1.44. The molecule has 3 heteroatoms. The van der Waals surface area contributed by atoms with Gasteiger partial charge in [-0.3, -0.25) is 10.00 Å². The molecule has 1 aromatic heterocycles. The number of aromatic nitrogens is 2. The number of hydrogen-bond acceptors (Lipinski definition) is 2. The van der Waals surface area contributed by atoms with E-state index in [1.54, 1.807) is 0 Å². The van der Waals surface area contributed by atoms with Crippen LogP contribution in [-0.4, -0.2) is 21.6 Å². The Labute approximate surface area is 78.1 Å². The van der Waals surface area contributed by atoms with E-state index in [4.69, 9.17) is 0 Å². The SMILES string of the molecule is Cc1n[nH]c2c1CN(CC1CC1)C2. The Morgan fingerprint density at radius 2 is 2.31 bits per heavy atom. The van der Waals surface area contributed by atoms with Crippen LogP contribution in [0.15, 0.2) is 0 Å². The minimum absolute atomic E-state index is 0.997. The van der Waals surface area contributed by atoms with Crippen LogP contribution in [0.3, 0.4) is 0 Å². The highest BCUT2D eigenvalue weighted by Gasteiger charge is 2.29. The van der Waals surface area contributed by atoms with E-state index in [0.29, 0.717) is 0 Å². The fraction of sp³-hybridized carbons (Fsp3) is 0.700. The third-order valence-corrected chi connectivity index (χ3v) is 3.14. The van der Waals surface area contributed by atoms with E-state index in [-0.39, 0.29) is 0 Å². The molecule has 13 heavy (non-hydrogen) atoms. The van der Waals surface area contributed by atoms with Crippen LogP contribution < -0.4 is 0 Å². The monoisotopic (exact) mass is 177 g/mol. The van der Waals surface area contributed by atoms with Gasteiger partial charge in [0.25, 0.3) is 0 Å². The lowest BCUT2D eigenvalue weighted by atomic mass is 10.2. The summed E-state index contributed by atoms with van der Waals surface area (Å²) in [6.45, 7) is 5.60. The fourth-order valence-electron chi connectivity index (χ4n) is 2.14. The molecule has 0 amide bonds. The number of aromatic amines is 1. The Morgan fingerprint density at radius 3 is 3.00 bits per heavy atom. The van der Waals surface area contributed by atoms with Crippen LogP contribution >= 0.6 is 0 Å². The molecule has 0 aromatic carbocycles. The van der Waals surface area contributed by atoms with Gasteiger partial charge in [0.2, 0.25) is 0 Å². The molecule has 1 saturated carbocycles. The quantitative estimate of drug-likeness (QED) is 0.741. The second-order valence-corrected chi connectivity index (χ2v) is 4.38. The Morgan fingerprint density at radius 1 is 1.46 bits per heavy atom. The largest absolute Gasteiger partial charge is 0.293 e. The van der Waals surface area contributed by atoms with Crippen molar-refractivity contribution in [2.24, 2.45) is 5.92 Å². The van der Waals surface area contributed by atoms with E-state index >= 15 is 0 Å². The van der Waals surface area contributed by atoms with Crippen LogP contribution in [0.4, 0.5) is 0 Å². The van der Waals surface area contributed by atoms with Crippen molar-refractivity contribution in [1.82, 2.24) is 15.1 Å². The third kappa shape index (κ3) is 1.27. The van der Waals surface area contributed by atoms with Crippen molar-refractivity contribution in [3.8, 4) is 0 Å². The summed E-state index contributed by atoms with van der Waals surface area (Å²) in [6.07, 6.45) is 2.89. The molecule has 1 N–H and O–H groups in total. The van der Waals surface area contributed by atoms with Gasteiger partial charge >= 0.3 is 0 Å². The van der Waals surface area contributed by atoms with E-state index in [0.717, 1.165) is 19.0 Å². The number of nitrogens with zero attached hydrogens (tertiary/aromatic N) is 2. The lowest BCUT2D eigenvalue weighted by Crippen LogP contribution is -2.19. The van der Waals surface area contributed by atoms with Gasteiger partial charge < -0.3 is 0 Å². The first kappa shape index (κ1) is 7.56. The van der Waals surface area contributed by atoms with E-state index in [2.05, 4.69) is 22.0 Å². The van der Waals surface area contributed by atoms with E-state index < -0.39 is 0 Å². The number of fused-ring (bicyclic) bond motifs is 1. The molecule has 70 valence electrons. The highest BCUT2D eigenvalue weighted by Crippen LogP contribution is 2.33. The van der Waals surface area contributed by atoms with Crippen molar-refractivity contribution in [3.05, 3.63) is 17.0 Å². The third-order valence-electron chi connectivity index (χ3n) is 3.14. The molecule has 0 saturated heterocycles. The summed E-state index contributed by atoms with van der Waals surface area (Å²) in [5, 5.41) is 7.33. The fourth-order valence-corrected chi connectivity index (χ4v) is 2.14. The minimum Gasteiger partial charge on any atom is -0.293 e. The highest BCUT2D eigenvalue weighted by atomic mass is 15.2. The van der Waals surface area contributed by atoms with Gasteiger partial charge in [-0.25, -0.2) is 0 Å². The molecule has 0 radical (unpaired) electrons. The maximum absolute atomic E-state index is 4.22. The van der Waals surface area contributed by atoms with Crippen LogP contribution in [0.25, 0.3) is 0 Å². The standard InChI is InChI=1S/C10H15N3/c1-7-9-5-13(4-8-2-3-8)6-10(9)12-11-7/h8H,2-6H2,1H3,(H,11,12). The highest BCUT2D eigenvalue weighted by molar-refractivity contribution is 5.27. The summed E-state index contributed by atoms with van der Waals surface area (Å²) in [4.78, 5) is 2.54. The molecule has 0 bridgehead atoms. The molecule has 1 fully saturated rings. The second-order valence-electron chi connectivity index (χ2n) is 4.38. The second kappa shape index (κ2) is 2.58. The molecule has 1 aromatic rings. The van der Waals surface area contributed by atoms with Crippen LogP contribution in [0.2, 0.25) is 0 Å². The van der Waals surface area contributed by atoms with Crippen molar-refractivity contribution in [2.75, 3.05) is 6.54 Å². The number of H-pyrrole nitrogens is 1. The predicted molar refractivity (Wildman–Crippen MR) is 50.2 cm³/mol.